The lowest BCUT2D eigenvalue weighted by molar-refractivity contribution is 0.628. The Labute approximate surface area is 157 Å². The standard InChI is InChI=1S/C18H23N7S/c1-12-11-19-18(26-4)21-17(12)24-7-5-23(6-8-24)16-10-13(2)20-15-9-14(3)22-25(15)16/h9-11H,5-8H2,1-4H3. The summed E-state index contributed by atoms with van der Waals surface area (Å²) in [4.78, 5) is 18.4. The molecule has 0 bridgehead atoms. The molecule has 4 rings (SSSR count). The maximum absolute atomic E-state index is 4.71. The minimum atomic E-state index is 0.825. The molecule has 1 aliphatic heterocycles. The van der Waals surface area contributed by atoms with E-state index >= 15 is 0 Å². The van der Waals surface area contributed by atoms with E-state index in [2.05, 4.69) is 37.9 Å². The Hall–Kier alpha value is -2.35. The summed E-state index contributed by atoms with van der Waals surface area (Å²) in [6.45, 7) is 9.83. The summed E-state index contributed by atoms with van der Waals surface area (Å²) in [7, 11) is 0. The van der Waals surface area contributed by atoms with Gasteiger partial charge in [0.15, 0.2) is 10.8 Å². The van der Waals surface area contributed by atoms with Crippen LogP contribution in [0.3, 0.4) is 0 Å². The first-order valence-corrected chi connectivity index (χ1v) is 9.99. The van der Waals surface area contributed by atoms with Crippen molar-refractivity contribution in [1.82, 2.24) is 24.6 Å². The van der Waals surface area contributed by atoms with Crippen LogP contribution >= 0.6 is 11.8 Å². The third-order valence-corrected chi connectivity index (χ3v) is 5.23. The summed E-state index contributed by atoms with van der Waals surface area (Å²) < 4.78 is 1.96. The lowest BCUT2D eigenvalue weighted by Gasteiger charge is -2.37. The van der Waals surface area contributed by atoms with Gasteiger partial charge < -0.3 is 9.80 Å². The predicted octanol–water partition coefficient (Wildman–Crippen LogP) is 2.49. The van der Waals surface area contributed by atoms with Gasteiger partial charge in [0.05, 0.1) is 5.69 Å². The van der Waals surface area contributed by atoms with E-state index in [0.717, 1.165) is 65.6 Å². The molecule has 0 radical (unpaired) electrons. The molecule has 0 aliphatic carbocycles. The SMILES string of the molecule is CSc1ncc(C)c(N2CCN(c3cc(C)nc4cc(C)nn34)CC2)n1. The molecule has 0 saturated carbocycles. The minimum absolute atomic E-state index is 0.825. The number of fused-ring (bicyclic) bond motifs is 1. The van der Waals surface area contributed by atoms with Crippen molar-refractivity contribution >= 4 is 29.0 Å². The molecule has 0 spiro atoms. The minimum Gasteiger partial charge on any atom is -0.353 e. The van der Waals surface area contributed by atoms with E-state index in [1.165, 1.54) is 0 Å². The molecule has 0 atom stereocenters. The van der Waals surface area contributed by atoms with Crippen LogP contribution in [0.2, 0.25) is 0 Å². The molecule has 3 aromatic rings. The number of hydrogen-bond donors (Lipinski definition) is 0. The summed E-state index contributed by atoms with van der Waals surface area (Å²) in [5.74, 6) is 2.17. The van der Waals surface area contributed by atoms with E-state index in [1.54, 1.807) is 11.8 Å². The number of thioether (sulfide) groups is 1. The maximum atomic E-state index is 4.71. The summed E-state index contributed by atoms with van der Waals surface area (Å²) in [6, 6.07) is 4.15. The highest BCUT2D eigenvalue weighted by molar-refractivity contribution is 7.98. The summed E-state index contributed by atoms with van der Waals surface area (Å²) in [5.41, 5.74) is 4.05. The van der Waals surface area contributed by atoms with E-state index in [9.17, 15) is 0 Å². The van der Waals surface area contributed by atoms with Crippen molar-refractivity contribution in [3.05, 3.63) is 35.3 Å². The van der Waals surface area contributed by atoms with Crippen LogP contribution in [-0.4, -0.2) is 57.0 Å². The molecule has 0 unspecified atom stereocenters. The quantitative estimate of drug-likeness (QED) is 0.519. The fraction of sp³-hybridized carbons (Fsp3) is 0.444. The smallest absolute Gasteiger partial charge is 0.189 e. The Morgan fingerprint density at radius 2 is 1.65 bits per heavy atom. The molecular weight excluding hydrogens is 346 g/mol. The fourth-order valence-electron chi connectivity index (χ4n) is 3.40. The van der Waals surface area contributed by atoms with Crippen molar-refractivity contribution in [2.24, 2.45) is 0 Å². The number of piperazine rings is 1. The van der Waals surface area contributed by atoms with Crippen molar-refractivity contribution < 1.29 is 0 Å². The highest BCUT2D eigenvalue weighted by atomic mass is 32.2. The van der Waals surface area contributed by atoms with Gasteiger partial charge >= 0.3 is 0 Å². The number of aromatic nitrogens is 5. The van der Waals surface area contributed by atoms with E-state index in [-0.39, 0.29) is 0 Å². The normalized spacial score (nSPS) is 15.1. The Kier molecular flexibility index (Phi) is 4.44. The maximum Gasteiger partial charge on any atom is 0.189 e. The molecule has 1 fully saturated rings. The van der Waals surface area contributed by atoms with Gasteiger partial charge in [-0.15, -0.1) is 0 Å². The number of rotatable bonds is 3. The number of nitrogens with zero attached hydrogens (tertiary/aromatic N) is 7. The topological polar surface area (TPSA) is 62.5 Å². The molecule has 8 heteroatoms. The number of hydrogen-bond acceptors (Lipinski definition) is 7. The van der Waals surface area contributed by atoms with Crippen molar-refractivity contribution in [2.45, 2.75) is 25.9 Å². The van der Waals surface area contributed by atoms with Crippen LogP contribution in [0.1, 0.15) is 17.0 Å². The Morgan fingerprint density at radius 3 is 2.38 bits per heavy atom. The van der Waals surface area contributed by atoms with E-state index in [4.69, 9.17) is 4.98 Å². The molecule has 3 aromatic heterocycles. The number of anilines is 2. The highest BCUT2D eigenvalue weighted by Crippen LogP contribution is 2.24. The zero-order valence-electron chi connectivity index (χ0n) is 15.6. The molecule has 4 heterocycles. The first kappa shape index (κ1) is 17.1. The van der Waals surface area contributed by atoms with Gasteiger partial charge in [0, 0.05) is 55.8 Å². The first-order valence-electron chi connectivity index (χ1n) is 8.76. The largest absolute Gasteiger partial charge is 0.353 e. The molecule has 7 nitrogen and oxygen atoms in total. The second-order valence-electron chi connectivity index (χ2n) is 6.65. The zero-order valence-corrected chi connectivity index (χ0v) is 16.4. The Morgan fingerprint density at radius 1 is 0.923 bits per heavy atom. The molecule has 26 heavy (non-hydrogen) atoms. The predicted molar refractivity (Wildman–Crippen MR) is 105 cm³/mol. The Balaban J connectivity index is 1.58. The van der Waals surface area contributed by atoms with E-state index in [0.29, 0.717) is 0 Å². The Bertz CT molecular complexity index is 944. The van der Waals surface area contributed by atoms with Gasteiger partial charge in [0.1, 0.15) is 11.6 Å². The van der Waals surface area contributed by atoms with Gasteiger partial charge in [-0.1, -0.05) is 11.8 Å². The lowest BCUT2D eigenvalue weighted by Crippen LogP contribution is -2.47. The van der Waals surface area contributed by atoms with Gasteiger partial charge in [-0.3, -0.25) is 0 Å². The first-order chi connectivity index (χ1) is 12.5. The van der Waals surface area contributed by atoms with Gasteiger partial charge in [-0.25, -0.2) is 15.0 Å². The molecule has 1 aliphatic rings. The molecule has 0 amide bonds. The van der Waals surface area contributed by atoms with Gasteiger partial charge in [0.2, 0.25) is 0 Å². The molecule has 0 aromatic carbocycles. The summed E-state index contributed by atoms with van der Waals surface area (Å²) in [5, 5.41) is 5.44. The van der Waals surface area contributed by atoms with E-state index < -0.39 is 0 Å². The second kappa shape index (κ2) is 6.75. The molecule has 0 N–H and O–H groups in total. The summed E-state index contributed by atoms with van der Waals surface area (Å²) in [6.07, 6.45) is 3.93. The van der Waals surface area contributed by atoms with Crippen molar-refractivity contribution in [3.8, 4) is 0 Å². The van der Waals surface area contributed by atoms with Crippen molar-refractivity contribution in [1.29, 1.82) is 0 Å². The zero-order chi connectivity index (χ0) is 18.3. The van der Waals surface area contributed by atoms with Gasteiger partial charge in [-0.2, -0.15) is 9.61 Å². The average Bonchev–Trinajstić information content (AvgIpc) is 3.01. The molecular formula is C18H23N7S. The highest BCUT2D eigenvalue weighted by Gasteiger charge is 2.22. The monoisotopic (exact) mass is 369 g/mol. The molecule has 1 saturated heterocycles. The summed E-state index contributed by atoms with van der Waals surface area (Å²) >= 11 is 1.58. The molecule has 136 valence electrons. The van der Waals surface area contributed by atoms with Gasteiger partial charge in [0.25, 0.3) is 0 Å². The van der Waals surface area contributed by atoms with Crippen LogP contribution in [-0.2, 0) is 0 Å². The third-order valence-electron chi connectivity index (χ3n) is 4.67. The van der Waals surface area contributed by atoms with Crippen molar-refractivity contribution in [2.75, 3.05) is 42.2 Å². The third kappa shape index (κ3) is 3.09. The lowest BCUT2D eigenvalue weighted by atomic mass is 10.2. The van der Waals surface area contributed by atoms with Crippen LogP contribution in [0, 0.1) is 20.8 Å². The van der Waals surface area contributed by atoms with Crippen LogP contribution < -0.4 is 9.80 Å². The van der Waals surface area contributed by atoms with Gasteiger partial charge in [-0.05, 0) is 27.0 Å². The van der Waals surface area contributed by atoms with Crippen LogP contribution in [0.25, 0.3) is 5.65 Å². The van der Waals surface area contributed by atoms with Crippen LogP contribution in [0.4, 0.5) is 11.6 Å². The van der Waals surface area contributed by atoms with E-state index in [1.807, 2.05) is 36.9 Å². The van der Waals surface area contributed by atoms with Crippen LogP contribution in [0.15, 0.2) is 23.5 Å². The fourth-order valence-corrected chi connectivity index (χ4v) is 3.74. The van der Waals surface area contributed by atoms with Crippen LogP contribution in [0.5, 0.6) is 0 Å². The number of aryl methyl sites for hydroxylation is 3. The average molecular weight is 369 g/mol. The van der Waals surface area contributed by atoms with Crippen molar-refractivity contribution in [3.63, 3.8) is 0 Å². The second-order valence-corrected chi connectivity index (χ2v) is 7.42.